The second-order valence-corrected chi connectivity index (χ2v) is 8.10. The van der Waals surface area contributed by atoms with Crippen molar-refractivity contribution in [2.75, 3.05) is 31.5 Å². The molecular weight excluding hydrogens is 410 g/mol. The van der Waals surface area contributed by atoms with Gasteiger partial charge in [0.15, 0.2) is 5.75 Å². The van der Waals surface area contributed by atoms with Crippen molar-refractivity contribution in [1.82, 2.24) is 5.32 Å². The maximum atomic E-state index is 11.3. The van der Waals surface area contributed by atoms with E-state index < -0.39 is 6.03 Å². The number of hydrogen-bond donors (Lipinski definition) is 3. The zero-order valence-electron chi connectivity index (χ0n) is 16.0. The summed E-state index contributed by atoms with van der Waals surface area (Å²) < 4.78 is 16.3. The van der Waals surface area contributed by atoms with Crippen molar-refractivity contribution in [2.45, 2.75) is 5.75 Å². The number of benzene rings is 1. The minimum atomic E-state index is -0.625. The first kappa shape index (κ1) is 21.1. The van der Waals surface area contributed by atoms with Gasteiger partial charge in [-0.15, -0.1) is 11.3 Å². The van der Waals surface area contributed by atoms with Crippen LogP contribution in [0.2, 0.25) is 0 Å². The summed E-state index contributed by atoms with van der Waals surface area (Å²) in [6.45, 7) is 1.12. The monoisotopic (exact) mass is 433 g/mol. The molecule has 0 unspecified atom stereocenters. The highest BCUT2D eigenvalue weighted by molar-refractivity contribution is 7.98. The van der Waals surface area contributed by atoms with Gasteiger partial charge in [-0.25, -0.2) is 4.79 Å². The van der Waals surface area contributed by atoms with Gasteiger partial charge in [-0.2, -0.15) is 11.8 Å². The molecule has 0 aliphatic rings. The molecule has 2 heterocycles. The molecule has 2 amide bonds. The van der Waals surface area contributed by atoms with E-state index in [4.69, 9.17) is 19.6 Å². The van der Waals surface area contributed by atoms with Crippen molar-refractivity contribution in [1.29, 1.82) is 0 Å². The number of thiophene rings is 1. The summed E-state index contributed by atoms with van der Waals surface area (Å²) in [7, 11) is 1.63. The molecule has 0 atom stereocenters. The van der Waals surface area contributed by atoms with Gasteiger partial charge in [0.25, 0.3) is 0 Å². The summed E-state index contributed by atoms with van der Waals surface area (Å²) in [5.74, 6) is 4.11. The van der Waals surface area contributed by atoms with Crippen LogP contribution in [-0.2, 0) is 5.75 Å². The molecule has 0 saturated heterocycles. The maximum absolute atomic E-state index is 11.3. The number of anilines is 1. The van der Waals surface area contributed by atoms with Gasteiger partial charge in [-0.1, -0.05) is 0 Å². The lowest BCUT2D eigenvalue weighted by molar-refractivity contribution is 0.259. The lowest BCUT2D eigenvalue weighted by Gasteiger charge is -2.08. The number of hydrogen-bond acceptors (Lipinski definition) is 7. The average Bonchev–Trinajstić information content (AvgIpc) is 3.37. The van der Waals surface area contributed by atoms with Crippen molar-refractivity contribution in [3.8, 4) is 21.9 Å². The lowest BCUT2D eigenvalue weighted by atomic mass is 10.2. The summed E-state index contributed by atoms with van der Waals surface area (Å²) >= 11 is 3.18. The van der Waals surface area contributed by atoms with E-state index in [9.17, 15) is 4.79 Å². The van der Waals surface area contributed by atoms with Crippen molar-refractivity contribution >= 4 is 34.1 Å². The molecule has 0 fully saturated rings. The molecule has 4 N–H and O–H groups in total. The second-order valence-electron chi connectivity index (χ2n) is 5.94. The summed E-state index contributed by atoms with van der Waals surface area (Å²) in [5.41, 5.74) is 6.29. The first-order chi connectivity index (χ1) is 14.2. The Bertz CT molecular complexity index is 895. The van der Waals surface area contributed by atoms with Gasteiger partial charge in [0.1, 0.15) is 23.2 Å². The Morgan fingerprint density at radius 1 is 1.28 bits per heavy atom. The van der Waals surface area contributed by atoms with Crippen LogP contribution in [0.1, 0.15) is 5.76 Å². The molecule has 0 radical (unpaired) electrons. The van der Waals surface area contributed by atoms with Crippen LogP contribution < -0.4 is 25.8 Å². The quantitative estimate of drug-likeness (QED) is 0.307. The van der Waals surface area contributed by atoms with Crippen LogP contribution in [-0.4, -0.2) is 32.2 Å². The van der Waals surface area contributed by atoms with Gasteiger partial charge in [0.2, 0.25) is 0 Å². The summed E-state index contributed by atoms with van der Waals surface area (Å²) in [6.07, 6.45) is 1.68. The van der Waals surface area contributed by atoms with Crippen LogP contribution >= 0.6 is 23.1 Å². The van der Waals surface area contributed by atoms with Crippen molar-refractivity contribution in [2.24, 2.45) is 5.73 Å². The molecule has 0 saturated carbocycles. The molecule has 2 aromatic heterocycles. The molecule has 0 aliphatic carbocycles. The third-order valence-corrected chi connectivity index (χ3v) is 5.95. The number of rotatable bonds is 11. The summed E-state index contributed by atoms with van der Waals surface area (Å²) in [6, 6.07) is 12.8. The van der Waals surface area contributed by atoms with Crippen LogP contribution in [0.5, 0.6) is 11.5 Å². The molecule has 3 rings (SSSR count). The number of carbonyl (C=O) groups is 1. The topological polar surface area (TPSA) is 98.8 Å². The lowest BCUT2D eigenvalue weighted by Crippen LogP contribution is -2.23. The summed E-state index contributed by atoms with van der Waals surface area (Å²) in [4.78, 5) is 12.3. The first-order valence-corrected chi connectivity index (χ1v) is 10.9. The Hall–Kier alpha value is -2.62. The molecule has 9 heteroatoms. The van der Waals surface area contributed by atoms with Gasteiger partial charge in [-0.3, -0.25) is 10.6 Å². The van der Waals surface area contributed by atoms with Gasteiger partial charge in [0.05, 0.1) is 19.1 Å². The van der Waals surface area contributed by atoms with E-state index in [1.165, 1.54) is 11.3 Å². The van der Waals surface area contributed by atoms with Crippen LogP contribution in [0.25, 0.3) is 10.4 Å². The number of ether oxygens (including phenoxy) is 2. The van der Waals surface area contributed by atoms with E-state index in [0.29, 0.717) is 17.5 Å². The molecule has 1 aromatic carbocycles. The van der Waals surface area contributed by atoms with Crippen molar-refractivity contribution in [3.63, 3.8) is 0 Å². The SMILES string of the molecule is COc1ccc(-c2cc(OCNCCSCc3ccco3)c(NC(N)=O)s2)cc1. The molecule has 154 valence electrons. The van der Waals surface area contributed by atoms with Gasteiger partial charge in [-0.05, 0) is 42.0 Å². The molecule has 0 aliphatic heterocycles. The number of nitrogens with one attached hydrogen (secondary N) is 2. The van der Waals surface area contributed by atoms with Crippen molar-refractivity contribution in [3.05, 3.63) is 54.5 Å². The third-order valence-electron chi connectivity index (χ3n) is 3.89. The minimum Gasteiger partial charge on any atom is -0.497 e. The Morgan fingerprint density at radius 3 is 2.79 bits per heavy atom. The van der Waals surface area contributed by atoms with E-state index in [1.54, 1.807) is 25.1 Å². The van der Waals surface area contributed by atoms with Gasteiger partial charge >= 0.3 is 6.03 Å². The van der Waals surface area contributed by atoms with Gasteiger partial charge < -0.3 is 19.6 Å². The molecule has 3 aromatic rings. The summed E-state index contributed by atoms with van der Waals surface area (Å²) in [5, 5.41) is 6.44. The number of amides is 2. The zero-order valence-corrected chi connectivity index (χ0v) is 17.6. The first-order valence-electron chi connectivity index (χ1n) is 8.94. The Morgan fingerprint density at radius 2 is 2.10 bits per heavy atom. The molecule has 7 nitrogen and oxygen atoms in total. The molecular formula is C20H23N3O4S2. The number of primary amides is 1. The van der Waals surface area contributed by atoms with E-state index >= 15 is 0 Å². The largest absolute Gasteiger partial charge is 0.497 e. The Labute approximate surface area is 177 Å². The fourth-order valence-corrected chi connectivity index (χ4v) is 4.30. The zero-order chi connectivity index (χ0) is 20.5. The second kappa shape index (κ2) is 10.8. The minimum absolute atomic E-state index is 0.327. The smallest absolute Gasteiger partial charge is 0.317 e. The molecule has 0 bridgehead atoms. The van der Waals surface area contributed by atoms with Crippen molar-refractivity contribution < 1.29 is 18.7 Å². The predicted octanol–water partition coefficient (Wildman–Crippen LogP) is 4.37. The Kier molecular flexibility index (Phi) is 7.85. The standard InChI is InChI=1S/C20H23N3O4S2/c1-25-15-6-4-14(5-7-15)18-11-17(19(29-18)23-20(21)24)27-13-22-8-10-28-12-16-3-2-9-26-16/h2-7,9,11,22H,8,10,12-13H2,1H3,(H3,21,23,24). The fraction of sp³-hybridized carbons (Fsp3) is 0.250. The van der Waals surface area contributed by atoms with E-state index in [-0.39, 0.29) is 0 Å². The van der Waals surface area contributed by atoms with E-state index in [0.717, 1.165) is 40.0 Å². The van der Waals surface area contributed by atoms with Gasteiger partial charge in [0, 0.05) is 23.2 Å². The van der Waals surface area contributed by atoms with Crippen LogP contribution in [0, 0.1) is 0 Å². The highest BCUT2D eigenvalue weighted by atomic mass is 32.2. The number of nitrogens with two attached hydrogens (primary N) is 1. The number of carbonyl (C=O) groups excluding carboxylic acids is 1. The predicted molar refractivity (Wildman–Crippen MR) is 118 cm³/mol. The normalized spacial score (nSPS) is 10.7. The molecule has 0 spiro atoms. The maximum Gasteiger partial charge on any atom is 0.317 e. The van der Waals surface area contributed by atoms with Crippen LogP contribution in [0.15, 0.2) is 53.1 Å². The number of furan rings is 1. The third kappa shape index (κ3) is 6.45. The highest BCUT2D eigenvalue weighted by Crippen LogP contribution is 2.40. The highest BCUT2D eigenvalue weighted by Gasteiger charge is 2.13. The number of thioether (sulfide) groups is 1. The van der Waals surface area contributed by atoms with Crippen LogP contribution in [0.4, 0.5) is 9.80 Å². The Balaban J connectivity index is 1.51. The van der Waals surface area contributed by atoms with E-state index in [1.807, 2.05) is 42.5 Å². The fourth-order valence-electron chi connectivity index (χ4n) is 2.49. The molecule has 29 heavy (non-hydrogen) atoms. The van der Waals surface area contributed by atoms with Crippen LogP contribution in [0.3, 0.4) is 0 Å². The number of urea groups is 1. The van der Waals surface area contributed by atoms with E-state index in [2.05, 4.69) is 10.6 Å². The number of methoxy groups -OCH3 is 1. The average molecular weight is 434 g/mol.